The number of ether oxygens (including phenoxy) is 1. The van der Waals surface area contributed by atoms with E-state index >= 15 is 0 Å². The van der Waals surface area contributed by atoms with Gasteiger partial charge in [0.25, 0.3) is 0 Å². The lowest BCUT2D eigenvalue weighted by Crippen LogP contribution is -2.21. The Morgan fingerprint density at radius 1 is 1.16 bits per heavy atom. The molecule has 2 rings (SSSR count). The highest BCUT2D eigenvalue weighted by Crippen LogP contribution is 2.48. The minimum atomic E-state index is -4.76. The molecule has 0 bridgehead atoms. The summed E-state index contributed by atoms with van der Waals surface area (Å²) in [5.41, 5.74) is 0.696. The van der Waals surface area contributed by atoms with Gasteiger partial charge in [0.2, 0.25) is 0 Å². The van der Waals surface area contributed by atoms with Crippen molar-refractivity contribution in [3.05, 3.63) is 23.3 Å². The lowest BCUT2D eigenvalue weighted by atomic mass is 9.84. The molecule has 1 aliphatic rings. The van der Waals surface area contributed by atoms with Crippen molar-refractivity contribution in [2.24, 2.45) is 0 Å². The number of halogens is 3. The lowest BCUT2D eigenvalue weighted by Gasteiger charge is -2.24. The van der Waals surface area contributed by atoms with E-state index in [-0.39, 0.29) is 17.4 Å². The number of hydrogen-bond acceptors (Lipinski definition) is 2. The molecule has 106 valence electrons. The summed E-state index contributed by atoms with van der Waals surface area (Å²) in [7, 11) is 0. The quantitative estimate of drug-likeness (QED) is 0.862. The molecule has 0 unspecified atom stereocenters. The Bertz CT molecular complexity index is 483. The van der Waals surface area contributed by atoms with E-state index in [1.54, 1.807) is 6.07 Å². The van der Waals surface area contributed by atoms with Gasteiger partial charge in [0.15, 0.2) is 0 Å². The predicted octanol–water partition coefficient (Wildman–Crippen LogP) is 4.47. The number of hydrogen-bond donors (Lipinski definition) is 1. The minimum absolute atomic E-state index is 0.116. The van der Waals surface area contributed by atoms with Crippen molar-refractivity contribution in [2.75, 3.05) is 0 Å². The van der Waals surface area contributed by atoms with Crippen LogP contribution in [0.1, 0.15) is 50.7 Å². The lowest BCUT2D eigenvalue weighted by molar-refractivity contribution is -0.275. The predicted molar refractivity (Wildman–Crippen MR) is 65.5 cm³/mol. The number of phenolic OH excluding ortho intramolecular Hbond substituents is 1. The van der Waals surface area contributed by atoms with Crippen LogP contribution in [0.5, 0.6) is 11.5 Å². The van der Waals surface area contributed by atoms with Crippen molar-refractivity contribution in [2.45, 2.75) is 51.3 Å². The van der Waals surface area contributed by atoms with Crippen LogP contribution in [-0.4, -0.2) is 11.5 Å². The Labute approximate surface area is 110 Å². The Balaban J connectivity index is 2.49. The molecular weight excluding hydrogens is 257 g/mol. The first-order valence-electron chi connectivity index (χ1n) is 6.21. The molecule has 19 heavy (non-hydrogen) atoms. The summed E-state index contributed by atoms with van der Waals surface area (Å²) in [4.78, 5) is 0. The van der Waals surface area contributed by atoms with E-state index in [0.29, 0.717) is 5.56 Å². The van der Waals surface area contributed by atoms with E-state index in [9.17, 15) is 18.3 Å². The molecule has 1 aromatic carbocycles. The fourth-order valence-corrected chi connectivity index (χ4v) is 2.10. The molecule has 5 heteroatoms. The number of rotatable bonds is 2. The van der Waals surface area contributed by atoms with E-state index in [0.717, 1.165) is 24.5 Å². The van der Waals surface area contributed by atoms with Crippen LogP contribution < -0.4 is 4.74 Å². The second-order valence-corrected chi connectivity index (χ2v) is 5.98. The maximum Gasteiger partial charge on any atom is 0.573 e. The summed E-state index contributed by atoms with van der Waals surface area (Å²) in [6.07, 6.45) is -2.82. The Morgan fingerprint density at radius 2 is 1.74 bits per heavy atom. The highest BCUT2D eigenvalue weighted by atomic mass is 19.4. The van der Waals surface area contributed by atoms with E-state index in [4.69, 9.17) is 0 Å². The smallest absolute Gasteiger partial charge is 0.508 e. The molecule has 2 nitrogen and oxygen atoms in total. The molecular formula is C14H17F3O2. The van der Waals surface area contributed by atoms with Gasteiger partial charge in [-0.3, -0.25) is 0 Å². The highest BCUT2D eigenvalue weighted by Gasteiger charge is 2.35. The zero-order chi connectivity index (χ0) is 14.4. The average molecular weight is 274 g/mol. The summed E-state index contributed by atoms with van der Waals surface area (Å²) < 4.78 is 41.3. The summed E-state index contributed by atoms with van der Waals surface area (Å²) in [5, 5.41) is 9.84. The molecule has 0 amide bonds. The van der Waals surface area contributed by atoms with Gasteiger partial charge in [0, 0.05) is 11.6 Å². The molecule has 0 saturated heterocycles. The Morgan fingerprint density at radius 3 is 2.16 bits per heavy atom. The van der Waals surface area contributed by atoms with E-state index < -0.39 is 11.8 Å². The first-order chi connectivity index (χ1) is 8.58. The summed E-state index contributed by atoms with van der Waals surface area (Å²) >= 11 is 0. The largest absolute Gasteiger partial charge is 0.573 e. The fraction of sp³-hybridized carbons (Fsp3) is 0.571. The molecule has 1 aromatic rings. The number of aromatic hydroxyl groups is 1. The van der Waals surface area contributed by atoms with Gasteiger partial charge in [0.1, 0.15) is 11.5 Å². The van der Waals surface area contributed by atoms with Gasteiger partial charge in [-0.05, 0) is 35.8 Å². The van der Waals surface area contributed by atoms with Crippen LogP contribution in [-0.2, 0) is 5.41 Å². The summed E-state index contributed by atoms with van der Waals surface area (Å²) in [6.45, 7) is 5.46. The molecule has 0 spiro atoms. The second kappa shape index (κ2) is 4.32. The van der Waals surface area contributed by atoms with Crippen LogP contribution in [0.15, 0.2) is 12.1 Å². The van der Waals surface area contributed by atoms with Crippen molar-refractivity contribution in [3.8, 4) is 11.5 Å². The second-order valence-electron chi connectivity index (χ2n) is 5.98. The fourth-order valence-electron chi connectivity index (χ4n) is 2.10. The molecule has 1 N–H and O–H groups in total. The Kier molecular flexibility index (Phi) is 3.19. The topological polar surface area (TPSA) is 29.5 Å². The molecule has 1 aliphatic carbocycles. The van der Waals surface area contributed by atoms with Crippen LogP contribution >= 0.6 is 0 Å². The third-order valence-corrected chi connectivity index (χ3v) is 3.18. The monoisotopic (exact) mass is 274 g/mol. The first kappa shape index (κ1) is 14.0. The molecule has 0 heterocycles. The zero-order valence-electron chi connectivity index (χ0n) is 11.1. The van der Waals surface area contributed by atoms with E-state index in [1.807, 2.05) is 20.8 Å². The highest BCUT2D eigenvalue weighted by molar-refractivity contribution is 5.51. The Hall–Kier alpha value is -1.39. The number of phenols is 1. The molecule has 0 aliphatic heterocycles. The first-order valence-corrected chi connectivity index (χ1v) is 6.21. The standard InChI is InChI=1S/C14H17F3O2/c1-13(2,3)10-6-9(8-4-5-8)11(18)7-12(10)19-14(15,16)17/h6-8,18H,4-5H2,1-3H3. The van der Waals surface area contributed by atoms with Gasteiger partial charge in [-0.15, -0.1) is 13.2 Å². The SMILES string of the molecule is CC(C)(C)c1cc(C2CC2)c(O)cc1OC(F)(F)F. The van der Waals surface area contributed by atoms with Crippen LogP contribution in [0.25, 0.3) is 0 Å². The third-order valence-electron chi connectivity index (χ3n) is 3.18. The molecule has 1 saturated carbocycles. The van der Waals surface area contributed by atoms with Gasteiger partial charge in [-0.25, -0.2) is 0 Å². The van der Waals surface area contributed by atoms with Gasteiger partial charge < -0.3 is 9.84 Å². The van der Waals surface area contributed by atoms with Crippen molar-refractivity contribution in [1.82, 2.24) is 0 Å². The number of alkyl halides is 3. The minimum Gasteiger partial charge on any atom is -0.508 e. The van der Waals surface area contributed by atoms with Crippen LogP contribution in [0.3, 0.4) is 0 Å². The molecule has 0 aromatic heterocycles. The normalized spacial score (nSPS) is 16.5. The summed E-state index contributed by atoms with van der Waals surface area (Å²) in [6, 6.07) is 2.73. The van der Waals surface area contributed by atoms with Crippen molar-refractivity contribution >= 4 is 0 Å². The molecule has 1 fully saturated rings. The zero-order valence-corrected chi connectivity index (χ0v) is 11.1. The maximum absolute atomic E-state index is 12.4. The van der Waals surface area contributed by atoms with Gasteiger partial charge in [-0.2, -0.15) is 0 Å². The van der Waals surface area contributed by atoms with Gasteiger partial charge >= 0.3 is 6.36 Å². The van der Waals surface area contributed by atoms with E-state index in [2.05, 4.69) is 4.74 Å². The van der Waals surface area contributed by atoms with Gasteiger partial charge in [-0.1, -0.05) is 20.8 Å². The summed E-state index contributed by atoms with van der Waals surface area (Å²) in [5.74, 6) is -0.169. The van der Waals surface area contributed by atoms with Crippen LogP contribution in [0.4, 0.5) is 13.2 Å². The maximum atomic E-state index is 12.4. The number of benzene rings is 1. The molecule has 0 radical (unpaired) electrons. The van der Waals surface area contributed by atoms with Crippen molar-refractivity contribution in [3.63, 3.8) is 0 Å². The van der Waals surface area contributed by atoms with Crippen molar-refractivity contribution < 1.29 is 23.0 Å². The van der Waals surface area contributed by atoms with E-state index in [1.165, 1.54) is 0 Å². The average Bonchev–Trinajstić information content (AvgIpc) is 2.96. The third kappa shape index (κ3) is 3.33. The van der Waals surface area contributed by atoms with Gasteiger partial charge in [0.05, 0.1) is 0 Å². The van der Waals surface area contributed by atoms with Crippen LogP contribution in [0.2, 0.25) is 0 Å². The van der Waals surface area contributed by atoms with Crippen molar-refractivity contribution in [1.29, 1.82) is 0 Å². The molecule has 0 atom stereocenters. The van der Waals surface area contributed by atoms with Crippen LogP contribution in [0, 0.1) is 0 Å².